The van der Waals surface area contributed by atoms with Gasteiger partial charge in [0.15, 0.2) is 0 Å². The van der Waals surface area contributed by atoms with Crippen LogP contribution in [-0.2, 0) is 22.6 Å². The van der Waals surface area contributed by atoms with Crippen LogP contribution in [0.1, 0.15) is 44.2 Å². The van der Waals surface area contributed by atoms with Gasteiger partial charge in [-0.05, 0) is 42.3 Å². The van der Waals surface area contributed by atoms with Crippen molar-refractivity contribution in [3.05, 3.63) is 35.4 Å². The zero-order valence-corrected chi connectivity index (χ0v) is 16.0. The molecule has 2 aliphatic heterocycles. The average molecular weight is 357 g/mol. The Morgan fingerprint density at radius 3 is 2.42 bits per heavy atom. The van der Waals surface area contributed by atoms with E-state index in [9.17, 15) is 9.59 Å². The van der Waals surface area contributed by atoms with Gasteiger partial charge in [-0.3, -0.25) is 9.59 Å². The molecule has 0 aromatic heterocycles. The van der Waals surface area contributed by atoms with E-state index in [1.807, 2.05) is 35.8 Å². The Bertz CT molecular complexity index is 650. The molecule has 1 atom stereocenters. The van der Waals surface area contributed by atoms with Gasteiger partial charge in [-0.1, -0.05) is 38.1 Å². The molecule has 5 heteroatoms. The van der Waals surface area contributed by atoms with E-state index >= 15 is 0 Å². The van der Waals surface area contributed by atoms with Crippen LogP contribution in [-0.4, -0.2) is 47.3 Å². The number of benzene rings is 1. The lowest BCUT2D eigenvalue weighted by Gasteiger charge is -2.40. The lowest BCUT2D eigenvalue weighted by molar-refractivity contribution is -0.148. The predicted octanol–water partition coefficient (Wildman–Crippen LogP) is 2.18. The highest BCUT2D eigenvalue weighted by Gasteiger charge is 2.37. The van der Waals surface area contributed by atoms with Crippen LogP contribution >= 0.6 is 0 Å². The van der Waals surface area contributed by atoms with Crippen LogP contribution in [0.4, 0.5) is 0 Å². The van der Waals surface area contributed by atoms with E-state index in [0.29, 0.717) is 31.8 Å². The number of rotatable bonds is 4. The summed E-state index contributed by atoms with van der Waals surface area (Å²) < 4.78 is 0. The van der Waals surface area contributed by atoms with Crippen molar-refractivity contribution in [1.82, 2.24) is 9.80 Å². The van der Waals surface area contributed by atoms with E-state index in [1.54, 1.807) is 0 Å². The smallest absolute Gasteiger partial charge is 0.245 e. The lowest BCUT2D eigenvalue weighted by Crippen LogP contribution is -2.55. The molecule has 1 aromatic carbocycles. The molecule has 1 saturated heterocycles. The molecule has 142 valence electrons. The van der Waals surface area contributed by atoms with Gasteiger partial charge in [0.1, 0.15) is 6.04 Å². The van der Waals surface area contributed by atoms with E-state index in [1.165, 1.54) is 5.56 Å². The molecule has 2 N–H and O–H groups in total. The third-order valence-corrected chi connectivity index (χ3v) is 5.70. The zero-order chi connectivity index (χ0) is 18.7. The first-order chi connectivity index (χ1) is 12.5. The normalized spacial score (nSPS) is 21.0. The van der Waals surface area contributed by atoms with Gasteiger partial charge in [-0.25, -0.2) is 0 Å². The van der Waals surface area contributed by atoms with Crippen LogP contribution in [0.15, 0.2) is 24.3 Å². The molecule has 5 nitrogen and oxygen atoms in total. The number of nitrogens with zero attached hydrogens (tertiary/aromatic N) is 2. The number of nitrogens with two attached hydrogens (primary N) is 1. The van der Waals surface area contributed by atoms with Crippen LogP contribution in [0.2, 0.25) is 0 Å². The number of likely N-dealkylation sites (tertiary alicyclic amines) is 1. The standard InChI is InChI=1S/C21H31N3O2/c1-15(2)11-20(25)24-14-18-6-4-3-5-17(18)12-19(24)21(26)23-9-7-16(13-22)8-10-23/h3-6,15-16,19H,7-14,22H2,1-2H3. The summed E-state index contributed by atoms with van der Waals surface area (Å²) in [5.74, 6) is 0.998. The molecule has 0 saturated carbocycles. The number of piperidine rings is 1. The number of hydrogen-bond donors (Lipinski definition) is 1. The summed E-state index contributed by atoms with van der Waals surface area (Å²) in [7, 11) is 0. The maximum absolute atomic E-state index is 13.3. The van der Waals surface area contributed by atoms with Gasteiger partial charge in [0, 0.05) is 32.5 Å². The Balaban J connectivity index is 1.79. The highest BCUT2D eigenvalue weighted by atomic mass is 16.2. The second-order valence-corrected chi connectivity index (χ2v) is 8.11. The number of fused-ring (bicyclic) bond motifs is 1. The fourth-order valence-corrected chi connectivity index (χ4v) is 4.07. The molecular formula is C21H31N3O2. The molecule has 0 bridgehead atoms. The molecule has 0 spiro atoms. The van der Waals surface area contributed by atoms with Crippen molar-refractivity contribution in [1.29, 1.82) is 0 Å². The Morgan fingerprint density at radius 1 is 1.15 bits per heavy atom. The summed E-state index contributed by atoms with van der Waals surface area (Å²) in [6.45, 7) is 6.83. The molecule has 1 aromatic rings. The van der Waals surface area contributed by atoms with E-state index in [-0.39, 0.29) is 23.8 Å². The van der Waals surface area contributed by atoms with Gasteiger partial charge in [0.25, 0.3) is 0 Å². The average Bonchev–Trinajstić information content (AvgIpc) is 2.66. The largest absolute Gasteiger partial charge is 0.341 e. The lowest BCUT2D eigenvalue weighted by atomic mass is 9.91. The van der Waals surface area contributed by atoms with Crippen molar-refractivity contribution in [3.63, 3.8) is 0 Å². The molecule has 1 fully saturated rings. The van der Waals surface area contributed by atoms with Crippen LogP contribution in [0.5, 0.6) is 0 Å². The molecule has 3 rings (SSSR count). The fraction of sp³-hybridized carbons (Fsp3) is 0.619. The molecule has 2 amide bonds. The Labute approximate surface area is 156 Å². The van der Waals surface area contributed by atoms with E-state index in [2.05, 4.69) is 12.1 Å². The first kappa shape index (κ1) is 18.9. The minimum Gasteiger partial charge on any atom is -0.341 e. The maximum Gasteiger partial charge on any atom is 0.245 e. The van der Waals surface area contributed by atoms with Gasteiger partial charge in [0.05, 0.1) is 0 Å². The van der Waals surface area contributed by atoms with Crippen molar-refractivity contribution in [2.75, 3.05) is 19.6 Å². The highest BCUT2D eigenvalue weighted by molar-refractivity contribution is 5.88. The quantitative estimate of drug-likeness (QED) is 0.898. The number of amides is 2. The van der Waals surface area contributed by atoms with Crippen molar-refractivity contribution in [3.8, 4) is 0 Å². The molecule has 0 aliphatic carbocycles. The monoisotopic (exact) mass is 357 g/mol. The summed E-state index contributed by atoms with van der Waals surface area (Å²) in [5.41, 5.74) is 8.13. The fourth-order valence-electron chi connectivity index (χ4n) is 4.07. The summed E-state index contributed by atoms with van der Waals surface area (Å²) in [6.07, 6.45) is 3.04. The third kappa shape index (κ3) is 4.09. The molecule has 26 heavy (non-hydrogen) atoms. The third-order valence-electron chi connectivity index (χ3n) is 5.70. The SMILES string of the molecule is CC(C)CC(=O)N1Cc2ccccc2CC1C(=O)N1CCC(CN)CC1. The second-order valence-electron chi connectivity index (χ2n) is 8.11. The predicted molar refractivity (Wildman–Crippen MR) is 102 cm³/mol. The molecule has 2 aliphatic rings. The summed E-state index contributed by atoms with van der Waals surface area (Å²) >= 11 is 0. The molecular weight excluding hydrogens is 326 g/mol. The zero-order valence-electron chi connectivity index (χ0n) is 16.0. The molecule has 2 heterocycles. The Kier molecular flexibility index (Phi) is 5.97. The van der Waals surface area contributed by atoms with Gasteiger partial charge < -0.3 is 15.5 Å². The first-order valence-electron chi connectivity index (χ1n) is 9.84. The van der Waals surface area contributed by atoms with Crippen molar-refractivity contribution in [2.45, 2.75) is 52.1 Å². The first-order valence-corrected chi connectivity index (χ1v) is 9.84. The number of hydrogen-bond acceptors (Lipinski definition) is 3. The van der Waals surface area contributed by atoms with Crippen LogP contribution in [0.3, 0.4) is 0 Å². The van der Waals surface area contributed by atoms with E-state index < -0.39 is 0 Å². The van der Waals surface area contributed by atoms with Crippen LogP contribution in [0.25, 0.3) is 0 Å². The minimum atomic E-state index is -0.370. The van der Waals surface area contributed by atoms with E-state index in [0.717, 1.165) is 31.5 Å². The summed E-state index contributed by atoms with van der Waals surface area (Å²) in [4.78, 5) is 29.9. The van der Waals surface area contributed by atoms with E-state index in [4.69, 9.17) is 5.73 Å². The van der Waals surface area contributed by atoms with Gasteiger partial charge in [-0.15, -0.1) is 0 Å². The van der Waals surface area contributed by atoms with Crippen LogP contribution in [0, 0.1) is 11.8 Å². The molecule has 0 radical (unpaired) electrons. The van der Waals surface area contributed by atoms with Crippen molar-refractivity contribution >= 4 is 11.8 Å². The number of carbonyl (C=O) groups excluding carboxylic acids is 2. The highest BCUT2D eigenvalue weighted by Crippen LogP contribution is 2.27. The molecule has 1 unspecified atom stereocenters. The summed E-state index contributed by atoms with van der Waals surface area (Å²) in [5, 5.41) is 0. The van der Waals surface area contributed by atoms with Gasteiger partial charge >= 0.3 is 0 Å². The van der Waals surface area contributed by atoms with Gasteiger partial charge in [0.2, 0.25) is 11.8 Å². The Morgan fingerprint density at radius 2 is 1.81 bits per heavy atom. The Hall–Kier alpha value is -1.88. The minimum absolute atomic E-state index is 0.0877. The second kappa shape index (κ2) is 8.21. The summed E-state index contributed by atoms with van der Waals surface area (Å²) in [6, 6.07) is 7.80. The maximum atomic E-state index is 13.3. The topological polar surface area (TPSA) is 66.6 Å². The van der Waals surface area contributed by atoms with Crippen molar-refractivity contribution in [2.24, 2.45) is 17.6 Å². The van der Waals surface area contributed by atoms with Crippen LogP contribution < -0.4 is 5.73 Å². The number of carbonyl (C=O) groups is 2. The van der Waals surface area contributed by atoms with Gasteiger partial charge in [-0.2, -0.15) is 0 Å². The van der Waals surface area contributed by atoms with Crippen molar-refractivity contribution < 1.29 is 9.59 Å².